The van der Waals surface area contributed by atoms with E-state index in [9.17, 15) is 22.4 Å². The van der Waals surface area contributed by atoms with Gasteiger partial charge in [0, 0.05) is 11.8 Å². The zero-order valence-corrected chi connectivity index (χ0v) is 17.7. The first kappa shape index (κ1) is 22.7. The highest BCUT2D eigenvalue weighted by molar-refractivity contribution is 5.73. The van der Waals surface area contributed by atoms with Gasteiger partial charge in [0.15, 0.2) is 0 Å². The van der Waals surface area contributed by atoms with Crippen molar-refractivity contribution in [2.24, 2.45) is 5.41 Å². The van der Waals surface area contributed by atoms with Gasteiger partial charge in [0.05, 0.1) is 34.8 Å². The third-order valence-corrected chi connectivity index (χ3v) is 5.69. The van der Waals surface area contributed by atoms with Crippen molar-refractivity contribution in [1.29, 1.82) is 0 Å². The van der Waals surface area contributed by atoms with Gasteiger partial charge in [-0.25, -0.2) is 19.3 Å². The van der Waals surface area contributed by atoms with Crippen LogP contribution < -0.4 is 4.74 Å². The monoisotopic (exact) mass is 464 g/mol. The van der Waals surface area contributed by atoms with Crippen LogP contribution in [0, 0.1) is 11.2 Å². The molecule has 33 heavy (non-hydrogen) atoms. The largest absolute Gasteiger partial charge is 0.481 e. The second-order valence-electron chi connectivity index (χ2n) is 8.64. The lowest BCUT2D eigenvalue weighted by atomic mass is 9.95. The second kappa shape index (κ2) is 7.82. The topological polar surface area (TPSA) is 101 Å². The third-order valence-electron chi connectivity index (χ3n) is 5.69. The number of imidazole rings is 1. The van der Waals surface area contributed by atoms with Crippen LogP contribution in [0.3, 0.4) is 0 Å². The molecular weight excluding hydrogens is 444 g/mol. The number of carboxylic acid groups (broad SMARTS) is 1. The molecular formula is C22H20F4N4O3. The van der Waals surface area contributed by atoms with E-state index in [1.807, 2.05) is 0 Å². The Morgan fingerprint density at radius 1 is 1.15 bits per heavy atom. The summed E-state index contributed by atoms with van der Waals surface area (Å²) in [6.45, 7) is 2.91. The molecule has 0 saturated heterocycles. The van der Waals surface area contributed by atoms with E-state index in [0.717, 1.165) is 6.20 Å². The summed E-state index contributed by atoms with van der Waals surface area (Å²) in [6, 6.07) is 4.14. The minimum Gasteiger partial charge on any atom is -0.481 e. The Morgan fingerprint density at radius 2 is 1.88 bits per heavy atom. The molecule has 2 N–H and O–H groups in total. The molecule has 0 aliphatic heterocycles. The maximum atomic E-state index is 14.8. The van der Waals surface area contributed by atoms with Crippen LogP contribution in [-0.2, 0) is 10.2 Å². The average molecular weight is 464 g/mol. The van der Waals surface area contributed by atoms with Gasteiger partial charge < -0.3 is 14.8 Å². The van der Waals surface area contributed by atoms with Crippen LogP contribution in [0.2, 0.25) is 0 Å². The number of halogens is 4. The van der Waals surface area contributed by atoms with Crippen molar-refractivity contribution in [3.8, 4) is 28.5 Å². The molecule has 3 aromatic rings. The molecule has 1 saturated carbocycles. The fourth-order valence-electron chi connectivity index (χ4n) is 3.25. The van der Waals surface area contributed by atoms with Crippen LogP contribution >= 0.6 is 0 Å². The quantitative estimate of drug-likeness (QED) is 0.489. The number of nitrogens with zero attached hydrogens (tertiary/aromatic N) is 3. The zero-order chi connectivity index (χ0) is 24.0. The normalized spacial score (nSPS) is 15.3. The van der Waals surface area contributed by atoms with Crippen LogP contribution in [0.5, 0.6) is 5.88 Å². The lowest BCUT2D eigenvalue weighted by molar-refractivity contribution is -0.161. The van der Waals surface area contributed by atoms with Gasteiger partial charge in [0.25, 0.3) is 0 Å². The van der Waals surface area contributed by atoms with Gasteiger partial charge in [0.2, 0.25) is 5.88 Å². The molecule has 1 aromatic carbocycles. The molecule has 1 aliphatic carbocycles. The number of carboxylic acids is 1. The van der Waals surface area contributed by atoms with Crippen LogP contribution in [0.15, 0.2) is 36.8 Å². The van der Waals surface area contributed by atoms with Crippen LogP contribution in [-0.4, -0.2) is 43.8 Å². The predicted octanol–water partition coefficient (Wildman–Crippen LogP) is 4.76. The number of benzene rings is 1. The molecule has 0 unspecified atom stereocenters. The molecule has 11 heteroatoms. The van der Waals surface area contributed by atoms with E-state index in [1.54, 1.807) is 6.07 Å². The average Bonchev–Trinajstić information content (AvgIpc) is 3.44. The van der Waals surface area contributed by atoms with Crippen molar-refractivity contribution in [3.63, 3.8) is 0 Å². The van der Waals surface area contributed by atoms with Gasteiger partial charge in [-0.3, -0.25) is 4.79 Å². The summed E-state index contributed by atoms with van der Waals surface area (Å²) < 4.78 is 60.1. The number of alkyl halides is 3. The molecule has 174 valence electrons. The molecule has 1 fully saturated rings. The molecule has 2 aromatic heterocycles. The van der Waals surface area contributed by atoms with Gasteiger partial charge in [0.1, 0.15) is 23.7 Å². The van der Waals surface area contributed by atoms with Crippen molar-refractivity contribution in [1.82, 2.24) is 19.9 Å². The summed E-state index contributed by atoms with van der Waals surface area (Å²) in [7, 11) is 0. The molecule has 0 amide bonds. The van der Waals surface area contributed by atoms with Gasteiger partial charge in [-0.1, -0.05) is 6.07 Å². The number of aromatic amines is 1. The smallest absolute Gasteiger partial charge is 0.399 e. The molecule has 0 bridgehead atoms. The lowest BCUT2D eigenvalue weighted by Crippen LogP contribution is -2.30. The van der Waals surface area contributed by atoms with Crippen molar-refractivity contribution >= 4 is 5.97 Å². The first-order valence-electron chi connectivity index (χ1n) is 10.0. The molecule has 0 spiro atoms. The van der Waals surface area contributed by atoms with Gasteiger partial charge in [-0.15, -0.1) is 0 Å². The Morgan fingerprint density at radius 3 is 2.42 bits per heavy atom. The van der Waals surface area contributed by atoms with Crippen LogP contribution in [0.1, 0.15) is 32.4 Å². The van der Waals surface area contributed by atoms with Gasteiger partial charge in [-0.05, 0) is 38.8 Å². The Kier molecular flexibility index (Phi) is 5.38. The highest BCUT2D eigenvalue weighted by Crippen LogP contribution is 2.58. The summed E-state index contributed by atoms with van der Waals surface area (Å²) in [5.41, 5.74) is -2.34. The van der Waals surface area contributed by atoms with E-state index in [0.29, 0.717) is 11.3 Å². The van der Waals surface area contributed by atoms with E-state index >= 15 is 0 Å². The summed E-state index contributed by atoms with van der Waals surface area (Å²) in [4.78, 5) is 25.9. The Balaban J connectivity index is 1.50. The number of hydrogen-bond donors (Lipinski definition) is 2. The van der Waals surface area contributed by atoms with Gasteiger partial charge in [-0.2, -0.15) is 13.2 Å². The van der Waals surface area contributed by atoms with Crippen LogP contribution in [0.4, 0.5) is 17.6 Å². The Bertz CT molecular complexity index is 1190. The number of aromatic nitrogens is 4. The fraction of sp³-hybridized carbons (Fsp3) is 0.364. The maximum Gasteiger partial charge on any atom is 0.399 e. The first-order chi connectivity index (χ1) is 15.4. The molecule has 0 atom stereocenters. The van der Waals surface area contributed by atoms with Crippen molar-refractivity contribution in [2.75, 3.05) is 6.61 Å². The number of ether oxygens (including phenoxy) is 1. The summed E-state index contributed by atoms with van der Waals surface area (Å²) in [5.74, 6) is -1.57. The number of hydrogen-bond acceptors (Lipinski definition) is 5. The van der Waals surface area contributed by atoms with Crippen molar-refractivity contribution in [3.05, 3.63) is 48.3 Å². The standard InChI is InChI=1S/C22H20F4N4O3/c1-20(2,19(31)32)11-33-17-10-27-15(8-28-17)12-3-4-13(14(23)7-12)18-29-9-16(30-18)21(5-6-21)22(24,25)26/h3-4,7-10H,5-6,11H2,1-2H3,(H,29,30)(H,31,32). The van der Waals surface area contributed by atoms with Crippen molar-refractivity contribution in [2.45, 2.75) is 38.3 Å². The number of aliphatic carboxylic acids is 1. The molecule has 7 nitrogen and oxygen atoms in total. The van der Waals surface area contributed by atoms with E-state index in [2.05, 4.69) is 19.9 Å². The summed E-state index contributed by atoms with van der Waals surface area (Å²) >= 11 is 0. The van der Waals surface area contributed by atoms with E-state index in [1.165, 1.54) is 38.4 Å². The molecule has 2 heterocycles. The van der Waals surface area contributed by atoms with Crippen molar-refractivity contribution < 1.29 is 32.2 Å². The third kappa shape index (κ3) is 4.27. The number of carbonyl (C=O) groups is 1. The van der Waals surface area contributed by atoms with E-state index < -0.39 is 28.8 Å². The highest BCUT2D eigenvalue weighted by atomic mass is 19.4. The van der Waals surface area contributed by atoms with E-state index in [-0.39, 0.29) is 42.4 Å². The number of H-pyrrole nitrogens is 1. The minimum absolute atomic E-state index is 0.0143. The number of rotatable bonds is 7. The lowest BCUT2D eigenvalue weighted by Gasteiger charge is -2.18. The minimum atomic E-state index is -4.39. The molecule has 0 radical (unpaired) electrons. The molecule has 4 rings (SSSR count). The summed E-state index contributed by atoms with van der Waals surface area (Å²) in [5, 5.41) is 9.11. The Hall–Kier alpha value is -3.50. The Labute approximate surface area is 185 Å². The highest BCUT2D eigenvalue weighted by Gasteiger charge is 2.65. The zero-order valence-electron chi connectivity index (χ0n) is 17.7. The SMILES string of the molecule is CC(C)(COc1cnc(-c2ccc(-c3ncc(C4(C(F)(F)F)CC4)[nH]3)c(F)c2)cn1)C(=O)O. The molecule has 1 aliphatic rings. The fourth-order valence-corrected chi connectivity index (χ4v) is 3.25. The van der Waals surface area contributed by atoms with Gasteiger partial charge >= 0.3 is 12.1 Å². The first-order valence-corrected chi connectivity index (χ1v) is 10.0. The number of nitrogens with one attached hydrogen (secondary N) is 1. The summed E-state index contributed by atoms with van der Waals surface area (Å²) in [6.07, 6.45) is -0.680. The van der Waals surface area contributed by atoms with Crippen LogP contribution in [0.25, 0.3) is 22.6 Å². The van der Waals surface area contributed by atoms with E-state index in [4.69, 9.17) is 9.84 Å². The second-order valence-corrected chi connectivity index (χ2v) is 8.64. The maximum absolute atomic E-state index is 14.8. The predicted molar refractivity (Wildman–Crippen MR) is 109 cm³/mol.